The molecule has 2 rings (SSSR count). The van der Waals surface area contributed by atoms with Gasteiger partial charge in [-0.25, -0.2) is 8.42 Å². The predicted molar refractivity (Wildman–Crippen MR) is 105 cm³/mol. The van der Waals surface area contributed by atoms with Gasteiger partial charge in [-0.15, -0.1) is 0 Å². The minimum absolute atomic E-state index is 0.00410. The number of aromatic amines is 2. The van der Waals surface area contributed by atoms with Crippen LogP contribution < -0.4 is 21.8 Å². The van der Waals surface area contributed by atoms with E-state index in [1.807, 2.05) is 6.92 Å². The van der Waals surface area contributed by atoms with Gasteiger partial charge in [0.2, 0.25) is 11.8 Å². The van der Waals surface area contributed by atoms with E-state index in [1.165, 1.54) is 18.2 Å². The van der Waals surface area contributed by atoms with Crippen LogP contribution in [-0.2, 0) is 19.4 Å². The summed E-state index contributed by atoms with van der Waals surface area (Å²) >= 11 is 0. The van der Waals surface area contributed by atoms with Gasteiger partial charge in [0.15, 0.2) is 9.84 Å². The van der Waals surface area contributed by atoms with E-state index < -0.39 is 45.1 Å². The van der Waals surface area contributed by atoms with E-state index >= 15 is 0 Å². The van der Waals surface area contributed by atoms with Crippen molar-refractivity contribution in [1.82, 2.24) is 15.5 Å². The Hall–Kier alpha value is -2.95. The number of sulfone groups is 1. The molecule has 0 unspecified atom stereocenters. The zero-order valence-electron chi connectivity index (χ0n) is 15.3. The molecule has 0 aliphatic heterocycles. The summed E-state index contributed by atoms with van der Waals surface area (Å²) in [6.07, 6.45) is 2.11. The highest BCUT2D eigenvalue weighted by Gasteiger charge is 2.17. The standard InChI is InChI=1S/C17H22N4O6S/c1-2-3-4-8-28(26,27)10-14(23)18-9-13(22)19-12-7-5-6-11-15(12)17(25)21-20-16(11)24/h5-7H,2-4,8-10H2,1H3,(H,18,23)(H,19,22)(H,20,24)(H,21,25). The van der Waals surface area contributed by atoms with Crippen LogP contribution in [0.15, 0.2) is 27.8 Å². The number of H-pyrrole nitrogens is 2. The fourth-order valence-electron chi connectivity index (χ4n) is 2.60. The Morgan fingerprint density at radius 1 is 1.04 bits per heavy atom. The molecule has 2 aromatic rings. The summed E-state index contributed by atoms with van der Waals surface area (Å²) < 4.78 is 23.7. The van der Waals surface area contributed by atoms with E-state index in [2.05, 4.69) is 20.8 Å². The van der Waals surface area contributed by atoms with E-state index in [1.54, 1.807) is 0 Å². The van der Waals surface area contributed by atoms with Crippen LogP contribution in [0.5, 0.6) is 0 Å². The molecule has 0 saturated heterocycles. The van der Waals surface area contributed by atoms with Gasteiger partial charge >= 0.3 is 0 Å². The molecule has 0 aliphatic carbocycles. The molecule has 11 heteroatoms. The van der Waals surface area contributed by atoms with Crippen molar-refractivity contribution in [2.45, 2.75) is 26.2 Å². The maximum atomic E-state index is 12.1. The lowest BCUT2D eigenvalue weighted by Gasteiger charge is -2.09. The number of amides is 2. The zero-order chi connectivity index (χ0) is 20.7. The van der Waals surface area contributed by atoms with E-state index in [-0.39, 0.29) is 22.2 Å². The molecule has 4 N–H and O–H groups in total. The average Bonchev–Trinajstić information content (AvgIpc) is 2.63. The minimum Gasteiger partial charge on any atom is -0.346 e. The van der Waals surface area contributed by atoms with Crippen LogP contribution in [0.2, 0.25) is 0 Å². The Balaban J connectivity index is 1.97. The smallest absolute Gasteiger partial charge is 0.272 e. The fraction of sp³-hybridized carbons (Fsp3) is 0.412. The van der Waals surface area contributed by atoms with E-state index in [0.29, 0.717) is 6.42 Å². The summed E-state index contributed by atoms with van der Waals surface area (Å²) in [7, 11) is -3.53. The molecule has 0 fully saturated rings. The van der Waals surface area contributed by atoms with Crippen LogP contribution >= 0.6 is 0 Å². The number of fused-ring (bicyclic) bond motifs is 1. The molecule has 0 bridgehead atoms. The SMILES string of the molecule is CCCCCS(=O)(=O)CC(=O)NCC(=O)Nc1cccc2c(=O)[nH][nH]c(=O)c12. The lowest BCUT2D eigenvalue weighted by Crippen LogP contribution is -2.37. The molecule has 152 valence electrons. The first-order chi connectivity index (χ1) is 13.2. The molecule has 10 nitrogen and oxygen atoms in total. The fourth-order valence-corrected chi connectivity index (χ4v) is 3.89. The number of nitrogens with one attached hydrogen (secondary N) is 4. The summed E-state index contributed by atoms with van der Waals surface area (Å²) in [5, 5.41) is 9.14. The Labute approximate surface area is 160 Å². The van der Waals surface area contributed by atoms with Crippen LogP contribution in [0.4, 0.5) is 5.69 Å². The van der Waals surface area contributed by atoms with Crippen molar-refractivity contribution in [3.05, 3.63) is 38.9 Å². The third-order valence-corrected chi connectivity index (χ3v) is 5.57. The Bertz CT molecular complexity index is 1090. The average molecular weight is 410 g/mol. The second-order valence-corrected chi connectivity index (χ2v) is 8.44. The molecular weight excluding hydrogens is 388 g/mol. The topological polar surface area (TPSA) is 158 Å². The second kappa shape index (κ2) is 9.31. The molecule has 0 spiro atoms. The van der Waals surface area contributed by atoms with E-state index in [9.17, 15) is 27.6 Å². The highest BCUT2D eigenvalue weighted by atomic mass is 32.2. The molecule has 2 amide bonds. The van der Waals surface area contributed by atoms with Crippen molar-refractivity contribution in [3.8, 4) is 0 Å². The Morgan fingerprint density at radius 3 is 2.46 bits per heavy atom. The molecule has 1 aromatic heterocycles. The second-order valence-electron chi connectivity index (χ2n) is 6.26. The number of unbranched alkanes of at least 4 members (excludes halogenated alkanes) is 2. The molecule has 0 aliphatic rings. The normalized spacial score (nSPS) is 11.3. The number of benzene rings is 1. The summed E-state index contributed by atoms with van der Waals surface area (Å²) in [6, 6.07) is 4.37. The summed E-state index contributed by atoms with van der Waals surface area (Å²) in [4.78, 5) is 47.6. The minimum atomic E-state index is -3.53. The highest BCUT2D eigenvalue weighted by Crippen LogP contribution is 2.16. The largest absolute Gasteiger partial charge is 0.346 e. The van der Waals surface area contributed by atoms with Gasteiger partial charge in [0.1, 0.15) is 5.75 Å². The van der Waals surface area contributed by atoms with Gasteiger partial charge in [0.25, 0.3) is 11.1 Å². The molecular formula is C17H22N4O6S. The molecule has 1 aromatic carbocycles. The van der Waals surface area contributed by atoms with Gasteiger partial charge in [-0.2, -0.15) is 0 Å². The summed E-state index contributed by atoms with van der Waals surface area (Å²) in [6.45, 7) is 1.47. The number of carbonyl (C=O) groups is 2. The van der Waals surface area contributed by atoms with Gasteiger partial charge in [-0.1, -0.05) is 25.8 Å². The number of carbonyl (C=O) groups excluding carboxylic acids is 2. The summed E-state index contributed by atoms with van der Waals surface area (Å²) in [5.74, 6) is -2.20. The molecule has 1 heterocycles. The van der Waals surface area contributed by atoms with Crippen molar-refractivity contribution < 1.29 is 18.0 Å². The van der Waals surface area contributed by atoms with Gasteiger partial charge in [-0.05, 0) is 18.6 Å². The first-order valence-electron chi connectivity index (χ1n) is 8.74. The Kier molecular flexibility index (Phi) is 7.10. The van der Waals surface area contributed by atoms with Crippen molar-refractivity contribution >= 4 is 38.1 Å². The molecule has 0 atom stereocenters. The Morgan fingerprint density at radius 2 is 1.75 bits per heavy atom. The van der Waals surface area contributed by atoms with Crippen molar-refractivity contribution in [2.24, 2.45) is 0 Å². The first-order valence-corrected chi connectivity index (χ1v) is 10.6. The lowest BCUT2D eigenvalue weighted by molar-refractivity contribution is -0.122. The van der Waals surface area contributed by atoms with Crippen molar-refractivity contribution in [3.63, 3.8) is 0 Å². The van der Waals surface area contributed by atoms with Gasteiger partial charge < -0.3 is 10.6 Å². The van der Waals surface area contributed by atoms with Gasteiger partial charge in [-0.3, -0.25) is 29.4 Å². The van der Waals surface area contributed by atoms with E-state index in [0.717, 1.165) is 12.8 Å². The zero-order valence-corrected chi connectivity index (χ0v) is 16.1. The predicted octanol–water partition coefficient (Wildman–Crippen LogP) is -0.124. The molecule has 0 saturated carbocycles. The number of rotatable bonds is 9. The van der Waals surface area contributed by atoms with Crippen LogP contribution in [0, 0.1) is 0 Å². The first kappa shape index (κ1) is 21.4. The molecule has 28 heavy (non-hydrogen) atoms. The van der Waals surface area contributed by atoms with Crippen molar-refractivity contribution in [1.29, 1.82) is 0 Å². The maximum absolute atomic E-state index is 12.1. The van der Waals surface area contributed by atoms with Crippen LogP contribution in [0.3, 0.4) is 0 Å². The summed E-state index contributed by atoms with van der Waals surface area (Å²) in [5.41, 5.74) is -1.00. The number of hydrogen-bond acceptors (Lipinski definition) is 6. The number of hydrogen-bond donors (Lipinski definition) is 4. The van der Waals surface area contributed by atoms with Gasteiger partial charge in [0.05, 0.1) is 28.8 Å². The van der Waals surface area contributed by atoms with Crippen LogP contribution in [0.1, 0.15) is 26.2 Å². The van der Waals surface area contributed by atoms with Crippen LogP contribution in [-0.4, -0.2) is 48.5 Å². The third-order valence-electron chi connectivity index (χ3n) is 3.96. The highest BCUT2D eigenvalue weighted by molar-refractivity contribution is 7.92. The van der Waals surface area contributed by atoms with Gasteiger partial charge in [0, 0.05) is 0 Å². The number of aromatic nitrogens is 2. The number of anilines is 1. The maximum Gasteiger partial charge on any atom is 0.272 e. The van der Waals surface area contributed by atoms with Crippen LogP contribution in [0.25, 0.3) is 10.8 Å². The van der Waals surface area contributed by atoms with Crippen molar-refractivity contribution in [2.75, 3.05) is 23.4 Å². The monoisotopic (exact) mass is 410 g/mol. The lowest BCUT2D eigenvalue weighted by atomic mass is 10.1. The quantitative estimate of drug-likeness (QED) is 0.422. The van der Waals surface area contributed by atoms with E-state index in [4.69, 9.17) is 0 Å². The molecule has 0 radical (unpaired) electrons. The third kappa shape index (κ3) is 5.78.